The number of nitrogens with one attached hydrogen (secondary N) is 2. The largest absolute Gasteiger partial charge is 0.490 e. The Balaban J connectivity index is 1.31. The van der Waals surface area contributed by atoms with Crippen molar-refractivity contribution in [1.29, 1.82) is 5.26 Å². The zero-order valence-electron chi connectivity index (χ0n) is 20.7. The van der Waals surface area contributed by atoms with Crippen LogP contribution >= 0.6 is 0 Å². The maximum absolute atomic E-state index is 14.2. The van der Waals surface area contributed by atoms with Crippen LogP contribution in [0.1, 0.15) is 40.4 Å². The van der Waals surface area contributed by atoms with Gasteiger partial charge in [0.2, 0.25) is 0 Å². The Morgan fingerprint density at radius 1 is 1.13 bits per heavy atom. The van der Waals surface area contributed by atoms with Gasteiger partial charge in [-0.3, -0.25) is 4.79 Å². The van der Waals surface area contributed by atoms with Gasteiger partial charge in [-0.15, -0.1) is 0 Å². The average Bonchev–Trinajstić information content (AvgIpc) is 3.52. The molecule has 0 saturated carbocycles. The van der Waals surface area contributed by atoms with Crippen LogP contribution in [0.3, 0.4) is 0 Å². The molecule has 0 spiro atoms. The summed E-state index contributed by atoms with van der Waals surface area (Å²) in [6.45, 7) is 1.92. The molecule has 1 atom stereocenters. The molecule has 1 unspecified atom stereocenters. The molecule has 0 bridgehead atoms. The second-order valence-electron chi connectivity index (χ2n) is 8.81. The van der Waals surface area contributed by atoms with Crippen LogP contribution in [0.2, 0.25) is 0 Å². The van der Waals surface area contributed by atoms with Crippen LogP contribution in [0.15, 0.2) is 42.5 Å². The van der Waals surface area contributed by atoms with E-state index in [0.717, 1.165) is 6.07 Å². The summed E-state index contributed by atoms with van der Waals surface area (Å²) in [4.78, 5) is 24.1. The number of aryl methyl sites for hydroxylation is 1. The van der Waals surface area contributed by atoms with Crippen molar-refractivity contribution in [3.05, 3.63) is 88.5 Å². The van der Waals surface area contributed by atoms with Crippen molar-refractivity contribution in [2.75, 3.05) is 13.2 Å². The van der Waals surface area contributed by atoms with Crippen molar-refractivity contribution in [3.8, 4) is 11.8 Å². The third-order valence-electron chi connectivity index (χ3n) is 6.31. The number of ether oxygens (including phenoxy) is 1. The van der Waals surface area contributed by atoms with Crippen molar-refractivity contribution >= 4 is 28.0 Å². The topological polar surface area (TPSA) is 109 Å². The van der Waals surface area contributed by atoms with Gasteiger partial charge < -0.3 is 19.6 Å². The number of hydrogen-bond donors (Lipinski definition) is 2. The Labute approximate surface area is 218 Å². The van der Waals surface area contributed by atoms with Crippen molar-refractivity contribution in [3.63, 3.8) is 0 Å². The molecule has 0 aliphatic heterocycles. The van der Waals surface area contributed by atoms with Crippen LogP contribution in [0.25, 0.3) is 22.1 Å². The van der Waals surface area contributed by atoms with Gasteiger partial charge in [0.1, 0.15) is 46.9 Å². The molecule has 0 aliphatic rings. The van der Waals surface area contributed by atoms with E-state index in [9.17, 15) is 22.4 Å². The van der Waals surface area contributed by atoms with Gasteiger partial charge in [0, 0.05) is 18.7 Å². The first kappa shape index (κ1) is 25.7. The Bertz CT molecular complexity index is 1790. The number of aromatic amines is 1. The number of rotatable bonds is 7. The highest BCUT2D eigenvalue weighted by Crippen LogP contribution is 2.29. The van der Waals surface area contributed by atoms with Crippen molar-refractivity contribution < 1.29 is 27.1 Å². The number of carbonyl (C=O) groups excluding carboxylic acids is 1. The van der Waals surface area contributed by atoms with Gasteiger partial charge >= 0.3 is 0 Å². The minimum atomic E-state index is -1.31. The highest BCUT2D eigenvalue weighted by molar-refractivity contribution is 5.97. The number of nitriles is 1. The summed E-state index contributed by atoms with van der Waals surface area (Å²) in [5, 5.41) is 11.8. The number of amides is 1. The molecule has 8 nitrogen and oxygen atoms in total. The van der Waals surface area contributed by atoms with Gasteiger partial charge in [-0.25, -0.2) is 27.5 Å². The van der Waals surface area contributed by atoms with E-state index in [2.05, 4.69) is 20.3 Å². The molecule has 5 rings (SSSR count). The highest BCUT2D eigenvalue weighted by Gasteiger charge is 2.23. The van der Waals surface area contributed by atoms with Crippen LogP contribution in [-0.4, -0.2) is 38.6 Å². The van der Waals surface area contributed by atoms with E-state index in [1.165, 1.54) is 12.1 Å². The number of imidazole rings is 2. The number of benzene rings is 3. The van der Waals surface area contributed by atoms with E-state index >= 15 is 0 Å². The monoisotopic (exact) mass is 536 g/mol. The molecule has 0 saturated heterocycles. The molecule has 2 heterocycles. The third kappa shape index (κ3) is 4.74. The number of fused-ring (bicyclic) bond motifs is 2. The number of H-pyrrole nitrogens is 1. The van der Waals surface area contributed by atoms with Gasteiger partial charge in [0.15, 0.2) is 17.5 Å². The fraction of sp³-hybridized carbons (Fsp3) is 0.185. The number of carbonyl (C=O) groups is 1. The normalized spacial score (nSPS) is 12.0. The van der Waals surface area contributed by atoms with Gasteiger partial charge in [0.05, 0.1) is 29.1 Å². The van der Waals surface area contributed by atoms with E-state index in [1.54, 1.807) is 36.7 Å². The molecule has 198 valence electrons. The lowest BCUT2D eigenvalue weighted by molar-refractivity contribution is 0.0947. The maximum Gasteiger partial charge on any atom is 0.251 e. The molecule has 12 heteroatoms. The summed E-state index contributed by atoms with van der Waals surface area (Å²) in [7, 11) is 1.73. The quantitative estimate of drug-likeness (QED) is 0.176. The molecule has 0 fully saturated rings. The second kappa shape index (κ2) is 10.1. The van der Waals surface area contributed by atoms with Crippen molar-refractivity contribution in [2.45, 2.75) is 12.8 Å². The number of aromatic nitrogens is 4. The molecule has 0 radical (unpaired) electrons. The standard InChI is InChI=1S/C27H20F4N6O2/c1-13(25-35-23-18(30)11-17(29)22(31)24(23)36-25)26-34-19-5-3-14(10-20(19)37(26)2)27(38)33-7-8-39-21-6-4-16(28)9-15(21)12-32/h3-6,9-11,13H,7-8H2,1-2H3,(H,33,38)(H,35,36). The summed E-state index contributed by atoms with van der Waals surface area (Å²) in [6.07, 6.45) is 0. The third-order valence-corrected chi connectivity index (χ3v) is 6.31. The van der Waals surface area contributed by atoms with Crippen LogP contribution < -0.4 is 10.1 Å². The Kier molecular flexibility index (Phi) is 6.66. The van der Waals surface area contributed by atoms with Crippen molar-refractivity contribution in [2.24, 2.45) is 7.05 Å². The molecule has 2 aromatic heterocycles. The zero-order chi connectivity index (χ0) is 27.8. The molecule has 1 amide bonds. The van der Waals surface area contributed by atoms with Crippen molar-refractivity contribution in [1.82, 2.24) is 24.8 Å². The van der Waals surface area contributed by atoms with Gasteiger partial charge in [-0.2, -0.15) is 5.26 Å². The predicted molar refractivity (Wildman–Crippen MR) is 133 cm³/mol. The summed E-state index contributed by atoms with van der Waals surface area (Å²) in [6, 6.07) is 10.8. The van der Waals surface area contributed by atoms with E-state index in [4.69, 9.17) is 10.00 Å². The summed E-state index contributed by atoms with van der Waals surface area (Å²) >= 11 is 0. The molecular formula is C27H20F4N6O2. The van der Waals surface area contributed by atoms with Gasteiger partial charge in [0.25, 0.3) is 5.91 Å². The van der Waals surface area contributed by atoms with Crippen LogP contribution in [0.5, 0.6) is 5.75 Å². The number of hydrogen-bond acceptors (Lipinski definition) is 5. The Morgan fingerprint density at radius 2 is 1.92 bits per heavy atom. The Morgan fingerprint density at radius 3 is 2.69 bits per heavy atom. The van der Waals surface area contributed by atoms with E-state index < -0.39 is 29.2 Å². The summed E-state index contributed by atoms with van der Waals surface area (Å²) in [5.74, 6) is -4.06. The second-order valence-corrected chi connectivity index (χ2v) is 8.81. The molecule has 5 aromatic rings. The van der Waals surface area contributed by atoms with Crippen LogP contribution in [-0.2, 0) is 7.05 Å². The summed E-state index contributed by atoms with van der Waals surface area (Å²) in [5.41, 5.74) is 0.954. The first-order valence-corrected chi connectivity index (χ1v) is 11.8. The lowest BCUT2D eigenvalue weighted by Gasteiger charge is -2.10. The maximum atomic E-state index is 14.2. The molecular weight excluding hydrogens is 516 g/mol. The lowest BCUT2D eigenvalue weighted by Crippen LogP contribution is -2.28. The lowest BCUT2D eigenvalue weighted by atomic mass is 10.1. The fourth-order valence-corrected chi connectivity index (χ4v) is 4.29. The molecule has 3 aromatic carbocycles. The summed E-state index contributed by atoms with van der Waals surface area (Å²) < 4.78 is 62.4. The number of nitrogens with zero attached hydrogens (tertiary/aromatic N) is 4. The van der Waals surface area contributed by atoms with E-state index in [1.807, 2.05) is 6.07 Å². The Hall–Kier alpha value is -4.92. The minimum Gasteiger partial charge on any atom is -0.490 e. The molecule has 0 aliphatic carbocycles. The molecule has 2 N–H and O–H groups in total. The van der Waals surface area contributed by atoms with Gasteiger partial charge in [-0.1, -0.05) is 0 Å². The minimum absolute atomic E-state index is 0.0538. The van der Waals surface area contributed by atoms with Crippen LogP contribution in [0, 0.1) is 34.6 Å². The zero-order valence-corrected chi connectivity index (χ0v) is 20.7. The van der Waals surface area contributed by atoms with E-state index in [0.29, 0.717) is 28.5 Å². The average molecular weight is 536 g/mol. The first-order chi connectivity index (χ1) is 18.7. The SMILES string of the molecule is CC(c1nc2c(F)cc(F)c(F)c2[nH]1)c1nc2ccc(C(=O)NCCOc3ccc(F)cc3C#N)cc2n1C. The van der Waals surface area contributed by atoms with E-state index in [-0.39, 0.29) is 47.2 Å². The number of halogens is 4. The van der Waals surface area contributed by atoms with Crippen LogP contribution in [0.4, 0.5) is 17.6 Å². The smallest absolute Gasteiger partial charge is 0.251 e. The predicted octanol–water partition coefficient (Wildman–Crippen LogP) is 4.84. The highest BCUT2D eigenvalue weighted by atomic mass is 19.2. The first-order valence-electron chi connectivity index (χ1n) is 11.8. The fourth-order valence-electron chi connectivity index (χ4n) is 4.29. The van der Waals surface area contributed by atoms with Gasteiger partial charge in [-0.05, 0) is 43.3 Å². The molecule has 39 heavy (non-hydrogen) atoms.